The molecule has 0 spiro atoms. The molecule has 2 heterocycles. The summed E-state index contributed by atoms with van der Waals surface area (Å²) < 4.78 is 8.74. The van der Waals surface area contributed by atoms with Crippen LogP contribution in [0.3, 0.4) is 0 Å². The summed E-state index contributed by atoms with van der Waals surface area (Å²) >= 11 is 0. The zero-order chi connectivity index (χ0) is 26.1. The second-order valence-electron chi connectivity index (χ2n) is 8.75. The quantitative estimate of drug-likeness (QED) is 0.228. The normalized spacial score (nSPS) is 14.6. The molecule has 192 valence electrons. The van der Waals surface area contributed by atoms with Crippen LogP contribution in [0.4, 0.5) is 11.9 Å². The number of aliphatic hydroxyl groups is 2. The van der Waals surface area contributed by atoms with Crippen LogP contribution in [0.2, 0.25) is 0 Å². The number of nitrogens with zero attached hydrogens (tertiary/aromatic N) is 6. The van der Waals surface area contributed by atoms with Gasteiger partial charge in [0.25, 0.3) is 0 Å². The SMILES string of the molecule is CC(C)=CC(CC(O)Cn1ccnc1[N+](=O)[O-])OC(C=C(C)C)CC(O)Cn1ccnc1[N+](=O)[O-]. The third-order valence-electron chi connectivity index (χ3n) is 4.93. The molecule has 4 atom stereocenters. The minimum absolute atomic E-state index is 0.0347. The van der Waals surface area contributed by atoms with E-state index in [0.717, 1.165) is 11.1 Å². The smallest absolute Gasteiger partial charge is 0.390 e. The standard InChI is InChI=1S/C22H32N6O7/c1-15(2)9-19(11-17(29)13-25-7-5-23-21(25)27(31)32)35-20(10-16(3)4)12-18(30)14-26-8-6-24-22(26)28(33)34/h5-10,17-20,29-30H,11-14H2,1-4H3. The highest BCUT2D eigenvalue weighted by Crippen LogP contribution is 2.19. The first kappa shape index (κ1) is 27.8. The highest BCUT2D eigenvalue weighted by atomic mass is 16.6. The van der Waals surface area contributed by atoms with Gasteiger partial charge in [-0.05, 0) is 37.5 Å². The second-order valence-corrected chi connectivity index (χ2v) is 8.75. The number of aromatic nitrogens is 4. The van der Waals surface area contributed by atoms with Crippen molar-refractivity contribution in [2.24, 2.45) is 0 Å². The lowest BCUT2D eigenvalue weighted by Gasteiger charge is -2.25. The molecule has 2 N–H and O–H groups in total. The van der Waals surface area contributed by atoms with Crippen molar-refractivity contribution in [1.29, 1.82) is 0 Å². The Balaban J connectivity index is 2.11. The minimum Gasteiger partial charge on any atom is -0.390 e. The van der Waals surface area contributed by atoms with Gasteiger partial charge in [-0.1, -0.05) is 33.3 Å². The predicted octanol–water partition coefficient (Wildman–Crippen LogP) is 2.78. The monoisotopic (exact) mass is 492 g/mol. The Morgan fingerprint density at radius 2 is 1.26 bits per heavy atom. The van der Waals surface area contributed by atoms with Crippen LogP contribution in [0.15, 0.2) is 48.1 Å². The van der Waals surface area contributed by atoms with Gasteiger partial charge in [-0.15, -0.1) is 0 Å². The lowest BCUT2D eigenvalue weighted by atomic mass is 10.1. The summed E-state index contributed by atoms with van der Waals surface area (Å²) in [5.74, 6) is -0.717. The molecule has 4 unspecified atom stereocenters. The van der Waals surface area contributed by atoms with Gasteiger partial charge in [-0.2, -0.15) is 0 Å². The summed E-state index contributed by atoms with van der Waals surface area (Å²) in [7, 11) is 0. The maximum atomic E-state index is 11.1. The molecular weight excluding hydrogens is 460 g/mol. The van der Waals surface area contributed by atoms with E-state index < -0.39 is 34.3 Å². The molecule has 0 amide bonds. The van der Waals surface area contributed by atoms with E-state index in [2.05, 4.69) is 9.97 Å². The van der Waals surface area contributed by atoms with Crippen molar-refractivity contribution in [2.75, 3.05) is 0 Å². The molecule has 0 saturated heterocycles. The van der Waals surface area contributed by atoms with Gasteiger partial charge < -0.3 is 35.2 Å². The van der Waals surface area contributed by atoms with Crippen LogP contribution < -0.4 is 0 Å². The molecule has 0 fully saturated rings. The van der Waals surface area contributed by atoms with Crippen molar-refractivity contribution >= 4 is 11.9 Å². The van der Waals surface area contributed by atoms with E-state index in [4.69, 9.17) is 4.74 Å². The fourth-order valence-electron chi connectivity index (χ4n) is 3.66. The molecule has 13 heteroatoms. The van der Waals surface area contributed by atoms with Crippen LogP contribution in [0.5, 0.6) is 0 Å². The third-order valence-corrected chi connectivity index (χ3v) is 4.93. The number of hydrogen-bond donors (Lipinski definition) is 2. The van der Waals surface area contributed by atoms with Crippen molar-refractivity contribution in [3.05, 3.63) is 68.3 Å². The molecule has 35 heavy (non-hydrogen) atoms. The van der Waals surface area contributed by atoms with Gasteiger partial charge in [0.05, 0.1) is 37.5 Å². The average Bonchev–Trinajstić information content (AvgIpc) is 3.36. The third kappa shape index (κ3) is 9.03. The van der Waals surface area contributed by atoms with Gasteiger partial charge in [-0.3, -0.25) is 0 Å². The minimum atomic E-state index is -0.964. The van der Waals surface area contributed by atoms with E-state index in [-0.39, 0.29) is 37.8 Å². The van der Waals surface area contributed by atoms with Crippen molar-refractivity contribution < 1.29 is 24.8 Å². The number of allylic oxidation sites excluding steroid dienone is 2. The lowest BCUT2D eigenvalue weighted by molar-refractivity contribution is -0.397. The molecule has 0 aliphatic carbocycles. The number of hydrogen-bond acceptors (Lipinski definition) is 9. The summed E-state index contributed by atoms with van der Waals surface area (Å²) in [5, 5.41) is 43.4. The van der Waals surface area contributed by atoms with Gasteiger partial charge in [0.1, 0.15) is 24.8 Å². The van der Waals surface area contributed by atoms with Crippen LogP contribution >= 0.6 is 0 Å². The summed E-state index contributed by atoms with van der Waals surface area (Å²) in [6, 6.07) is 0. The fraction of sp³-hybridized carbons (Fsp3) is 0.545. The molecule has 2 aromatic heterocycles. The molecule has 0 aromatic carbocycles. The van der Waals surface area contributed by atoms with Crippen LogP contribution in [0, 0.1) is 20.2 Å². The zero-order valence-corrected chi connectivity index (χ0v) is 20.2. The van der Waals surface area contributed by atoms with Gasteiger partial charge in [0, 0.05) is 12.8 Å². The lowest BCUT2D eigenvalue weighted by Crippen LogP contribution is -2.30. The van der Waals surface area contributed by atoms with E-state index >= 15 is 0 Å². The Kier molecular flexibility index (Phi) is 10.2. The van der Waals surface area contributed by atoms with Gasteiger partial charge >= 0.3 is 11.9 Å². The molecule has 0 radical (unpaired) electrons. The maximum Gasteiger partial charge on any atom is 0.434 e. The maximum absolute atomic E-state index is 11.1. The van der Waals surface area contributed by atoms with Crippen LogP contribution in [0.1, 0.15) is 40.5 Å². The predicted molar refractivity (Wildman–Crippen MR) is 127 cm³/mol. The highest BCUT2D eigenvalue weighted by Gasteiger charge is 2.24. The largest absolute Gasteiger partial charge is 0.434 e. The number of nitro groups is 2. The summed E-state index contributed by atoms with van der Waals surface area (Å²) in [4.78, 5) is 28.3. The molecule has 0 aliphatic rings. The average molecular weight is 493 g/mol. The van der Waals surface area contributed by atoms with Crippen molar-refractivity contribution in [3.63, 3.8) is 0 Å². The molecule has 0 bridgehead atoms. The summed E-state index contributed by atoms with van der Waals surface area (Å²) in [5.41, 5.74) is 1.89. The number of ether oxygens (including phenoxy) is 1. The summed E-state index contributed by atoms with van der Waals surface area (Å²) in [6.45, 7) is 7.46. The second kappa shape index (κ2) is 12.9. The van der Waals surface area contributed by atoms with Crippen LogP contribution in [-0.2, 0) is 17.8 Å². The molecule has 2 aromatic rings. The zero-order valence-electron chi connectivity index (χ0n) is 20.2. The van der Waals surface area contributed by atoms with Crippen LogP contribution in [0.25, 0.3) is 0 Å². The number of rotatable bonds is 14. The molecule has 2 rings (SSSR count). The first-order chi connectivity index (χ1) is 16.5. The Hall–Kier alpha value is -3.42. The Labute approximate surface area is 202 Å². The molecule has 0 saturated carbocycles. The van der Waals surface area contributed by atoms with E-state index in [1.807, 2.05) is 39.8 Å². The Morgan fingerprint density at radius 1 is 0.886 bits per heavy atom. The van der Waals surface area contributed by atoms with Crippen molar-refractivity contribution in [1.82, 2.24) is 19.1 Å². The van der Waals surface area contributed by atoms with Crippen LogP contribution in [-0.4, -0.2) is 63.6 Å². The molecular formula is C22H32N6O7. The Bertz CT molecular complexity index is 970. The van der Waals surface area contributed by atoms with Gasteiger partial charge in [-0.25, -0.2) is 9.13 Å². The Morgan fingerprint density at radius 3 is 1.57 bits per heavy atom. The van der Waals surface area contributed by atoms with Gasteiger partial charge in [0.15, 0.2) is 0 Å². The number of imidazole rings is 2. The molecule has 13 nitrogen and oxygen atoms in total. The van der Waals surface area contributed by atoms with Gasteiger partial charge in [0.2, 0.25) is 0 Å². The molecule has 0 aliphatic heterocycles. The fourth-order valence-corrected chi connectivity index (χ4v) is 3.66. The summed E-state index contributed by atoms with van der Waals surface area (Å²) in [6.07, 6.45) is 6.40. The first-order valence-electron chi connectivity index (χ1n) is 11.1. The van der Waals surface area contributed by atoms with Crippen molar-refractivity contribution in [3.8, 4) is 0 Å². The van der Waals surface area contributed by atoms with E-state index in [9.17, 15) is 30.4 Å². The van der Waals surface area contributed by atoms with E-state index in [1.165, 1.54) is 33.9 Å². The van der Waals surface area contributed by atoms with E-state index in [1.54, 1.807) is 0 Å². The highest BCUT2D eigenvalue weighted by molar-refractivity contribution is 5.08. The topological polar surface area (TPSA) is 172 Å². The van der Waals surface area contributed by atoms with E-state index in [0.29, 0.717) is 0 Å². The number of aliphatic hydroxyl groups excluding tert-OH is 2. The first-order valence-corrected chi connectivity index (χ1v) is 11.1. The van der Waals surface area contributed by atoms with Crippen molar-refractivity contribution in [2.45, 2.75) is 78.0 Å².